The third-order valence-electron chi connectivity index (χ3n) is 5.41. The fraction of sp³-hybridized carbons (Fsp3) is 0.192. The highest BCUT2D eigenvalue weighted by molar-refractivity contribution is 9.10. The van der Waals surface area contributed by atoms with Crippen molar-refractivity contribution in [2.45, 2.75) is 20.4 Å². The molecule has 0 amide bonds. The van der Waals surface area contributed by atoms with E-state index in [1.54, 1.807) is 4.57 Å². The number of fused-ring (bicyclic) bond motifs is 1. The molecule has 0 aliphatic carbocycles. The van der Waals surface area contributed by atoms with E-state index in [1.807, 2.05) is 78.9 Å². The number of hydrogen-bond acceptors (Lipinski definition) is 4. The van der Waals surface area contributed by atoms with E-state index >= 15 is 0 Å². The highest BCUT2D eigenvalue weighted by Crippen LogP contribution is 2.22. The summed E-state index contributed by atoms with van der Waals surface area (Å²) in [4.78, 5) is 25.3. The smallest absolute Gasteiger partial charge is 0.266 e. The fourth-order valence-corrected chi connectivity index (χ4v) is 4.10. The van der Waals surface area contributed by atoms with Crippen molar-refractivity contribution >= 4 is 39.0 Å². The van der Waals surface area contributed by atoms with E-state index in [-0.39, 0.29) is 5.56 Å². The van der Waals surface area contributed by atoms with E-state index < -0.39 is 0 Å². The van der Waals surface area contributed by atoms with Crippen molar-refractivity contribution < 1.29 is 0 Å². The first-order valence-electron chi connectivity index (χ1n) is 10.7. The zero-order valence-corrected chi connectivity index (χ0v) is 19.8. The maximum Gasteiger partial charge on any atom is 0.266 e. The Balaban J connectivity index is 1.80. The van der Waals surface area contributed by atoms with Crippen molar-refractivity contribution in [3.8, 4) is 5.69 Å². The number of rotatable bonds is 7. The molecular weight excluding hydrogens is 464 g/mol. The van der Waals surface area contributed by atoms with Gasteiger partial charge in [-0.2, -0.15) is 0 Å². The average molecular weight is 489 g/mol. The van der Waals surface area contributed by atoms with Crippen LogP contribution in [0.3, 0.4) is 0 Å². The van der Waals surface area contributed by atoms with Crippen LogP contribution < -0.4 is 5.56 Å². The zero-order valence-electron chi connectivity index (χ0n) is 18.2. The molecule has 0 aliphatic rings. The number of pyridine rings is 1. The summed E-state index contributed by atoms with van der Waals surface area (Å²) in [7, 11) is 0. The van der Waals surface area contributed by atoms with Crippen LogP contribution in [0.2, 0.25) is 0 Å². The molecule has 5 nitrogen and oxygen atoms in total. The third-order valence-corrected chi connectivity index (χ3v) is 6.08. The van der Waals surface area contributed by atoms with E-state index in [9.17, 15) is 4.79 Å². The second kappa shape index (κ2) is 10.0. The highest BCUT2D eigenvalue weighted by Gasteiger charge is 2.13. The van der Waals surface area contributed by atoms with Crippen LogP contribution in [0.5, 0.6) is 0 Å². The number of benzene rings is 2. The molecule has 162 valence electrons. The summed E-state index contributed by atoms with van der Waals surface area (Å²) in [5.74, 6) is 0.552. The molecule has 0 aliphatic heterocycles. The molecule has 2 aromatic heterocycles. The van der Waals surface area contributed by atoms with Crippen LogP contribution in [-0.2, 0) is 6.54 Å². The van der Waals surface area contributed by atoms with Gasteiger partial charge in [0.05, 0.1) is 28.0 Å². The molecule has 0 radical (unpaired) electrons. The van der Waals surface area contributed by atoms with Crippen molar-refractivity contribution in [2.24, 2.45) is 0 Å². The molecule has 0 saturated heterocycles. The summed E-state index contributed by atoms with van der Waals surface area (Å²) in [6.45, 7) is 7.08. The fourth-order valence-electron chi connectivity index (χ4n) is 3.64. The van der Waals surface area contributed by atoms with Crippen molar-refractivity contribution in [3.05, 3.63) is 98.8 Å². The molecule has 4 rings (SSSR count). The number of halogens is 1. The molecule has 2 aromatic carbocycles. The van der Waals surface area contributed by atoms with Gasteiger partial charge in [-0.25, -0.2) is 4.98 Å². The lowest BCUT2D eigenvalue weighted by atomic mass is 10.2. The quantitative estimate of drug-likeness (QED) is 0.341. The summed E-state index contributed by atoms with van der Waals surface area (Å²) in [6.07, 6.45) is 3.77. The van der Waals surface area contributed by atoms with Gasteiger partial charge in [0.2, 0.25) is 0 Å². The predicted octanol–water partition coefficient (Wildman–Crippen LogP) is 5.56. The molecule has 0 N–H and O–H groups in total. The van der Waals surface area contributed by atoms with Gasteiger partial charge in [0.25, 0.3) is 5.56 Å². The van der Waals surface area contributed by atoms with Gasteiger partial charge < -0.3 is 0 Å². The molecule has 2 heterocycles. The SMILES string of the molecule is CCN(CC)Cc1cccc(/C=C/c2nc3ccccc3c(=O)n2-c2ccccc2Br)n1. The van der Waals surface area contributed by atoms with Crippen molar-refractivity contribution in [1.82, 2.24) is 19.4 Å². The Morgan fingerprint density at radius 3 is 2.44 bits per heavy atom. The first-order valence-corrected chi connectivity index (χ1v) is 11.5. The van der Waals surface area contributed by atoms with Gasteiger partial charge >= 0.3 is 0 Å². The van der Waals surface area contributed by atoms with Crippen molar-refractivity contribution in [1.29, 1.82) is 0 Å². The monoisotopic (exact) mass is 488 g/mol. The molecule has 4 aromatic rings. The Kier molecular flexibility index (Phi) is 6.93. The van der Waals surface area contributed by atoms with Gasteiger partial charge in [-0.1, -0.05) is 44.2 Å². The van der Waals surface area contributed by atoms with Crippen LogP contribution in [0.1, 0.15) is 31.1 Å². The van der Waals surface area contributed by atoms with E-state index in [4.69, 9.17) is 9.97 Å². The number of para-hydroxylation sites is 2. The topological polar surface area (TPSA) is 51.0 Å². The molecule has 0 spiro atoms. The van der Waals surface area contributed by atoms with Crippen molar-refractivity contribution in [2.75, 3.05) is 13.1 Å². The summed E-state index contributed by atoms with van der Waals surface area (Å²) >= 11 is 3.58. The zero-order chi connectivity index (χ0) is 22.5. The van der Waals surface area contributed by atoms with Crippen molar-refractivity contribution in [3.63, 3.8) is 0 Å². The lowest BCUT2D eigenvalue weighted by molar-refractivity contribution is 0.292. The van der Waals surface area contributed by atoms with Crippen LogP contribution >= 0.6 is 15.9 Å². The van der Waals surface area contributed by atoms with E-state index in [0.717, 1.165) is 41.2 Å². The Bertz CT molecular complexity index is 1320. The molecule has 0 unspecified atom stereocenters. The summed E-state index contributed by atoms with van der Waals surface area (Å²) in [5, 5.41) is 0.583. The Morgan fingerprint density at radius 1 is 0.906 bits per heavy atom. The highest BCUT2D eigenvalue weighted by atomic mass is 79.9. The lowest BCUT2D eigenvalue weighted by Gasteiger charge is -2.17. The molecule has 32 heavy (non-hydrogen) atoms. The molecule has 0 bridgehead atoms. The van der Waals surface area contributed by atoms with E-state index in [2.05, 4.69) is 34.7 Å². The van der Waals surface area contributed by atoms with Gasteiger partial charge in [-0.3, -0.25) is 19.2 Å². The number of hydrogen-bond donors (Lipinski definition) is 0. The first kappa shape index (κ1) is 22.1. The van der Waals surface area contributed by atoms with Gasteiger partial charge in [0.1, 0.15) is 5.82 Å². The standard InChI is InChI=1S/C26H25BrN4O/c1-3-30(4-2)18-20-11-9-10-19(28-20)16-17-25-29-23-14-7-5-12-21(23)26(32)31(25)24-15-8-6-13-22(24)27/h5-17H,3-4,18H2,1-2H3/b17-16+. The van der Waals surface area contributed by atoms with Gasteiger partial charge in [-0.15, -0.1) is 0 Å². The summed E-state index contributed by atoms with van der Waals surface area (Å²) < 4.78 is 2.47. The Labute approximate surface area is 196 Å². The molecule has 0 fully saturated rings. The van der Waals surface area contributed by atoms with E-state index in [0.29, 0.717) is 16.7 Å². The second-order valence-electron chi connectivity index (χ2n) is 7.43. The Hall–Kier alpha value is -3.09. The molecule has 6 heteroatoms. The molecular formula is C26H25BrN4O. The third kappa shape index (κ3) is 4.71. The maximum atomic E-state index is 13.4. The van der Waals surface area contributed by atoms with E-state index in [1.165, 1.54) is 0 Å². The molecule has 0 saturated carbocycles. The Morgan fingerprint density at radius 2 is 1.66 bits per heavy atom. The van der Waals surface area contributed by atoms with Crippen LogP contribution in [0, 0.1) is 0 Å². The van der Waals surface area contributed by atoms with Crippen LogP contribution in [0.15, 0.2) is 76.0 Å². The van der Waals surface area contributed by atoms with Crippen LogP contribution in [0.4, 0.5) is 0 Å². The minimum Gasteiger partial charge on any atom is -0.298 e. The van der Waals surface area contributed by atoms with Gasteiger partial charge in [0, 0.05) is 11.0 Å². The van der Waals surface area contributed by atoms with Gasteiger partial charge in [-0.05, 0) is 77.6 Å². The minimum absolute atomic E-state index is 0.106. The van der Waals surface area contributed by atoms with Gasteiger partial charge in [0.15, 0.2) is 0 Å². The average Bonchev–Trinajstić information content (AvgIpc) is 2.82. The minimum atomic E-state index is -0.106. The van der Waals surface area contributed by atoms with Crippen LogP contribution in [-0.4, -0.2) is 32.5 Å². The second-order valence-corrected chi connectivity index (χ2v) is 8.28. The van der Waals surface area contributed by atoms with Crippen LogP contribution in [0.25, 0.3) is 28.7 Å². The normalized spacial score (nSPS) is 11.6. The number of nitrogens with zero attached hydrogens (tertiary/aromatic N) is 4. The first-order chi connectivity index (χ1) is 15.6. The lowest BCUT2D eigenvalue weighted by Crippen LogP contribution is -2.23. The number of aromatic nitrogens is 3. The molecule has 0 atom stereocenters. The summed E-state index contributed by atoms with van der Waals surface area (Å²) in [5.41, 5.74) is 3.16. The summed E-state index contributed by atoms with van der Waals surface area (Å²) in [6, 6.07) is 21.1. The maximum absolute atomic E-state index is 13.4. The predicted molar refractivity (Wildman–Crippen MR) is 135 cm³/mol. The largest absolute Gasteiger partial charge is 0.298 e.